The molecule has 2 aliphatic rings. The number of benzene rings is 2. The van der Waals surface area contributed by atoms with Crippen molar-refractivity contribution in [3.05, 3.63) is 59.9 Å². The summed E-state index contributed by atoms with van der Waals surface area (Å²) in [5, 5.41) is 2.85. The Morgan fingerprint density at radius 3 is 2.45 bits per heavy atom. The molecule has 1 heterocycles. The molecule has 2 N–H and O–H groups in total. The summed E-state index contributed by atoms with van der Waals surface area (Å²) in [6.45, 7) is 0.624. The number of carbonyl (C=O) groups is 1. The summed E-state index contributed by atoms with van der Waals surface area (Å²) in [7, 11) is -3.76. The molecule has 1 saturated carbocycles. The number of halogens is 1. The summed E-state index contributed by atoms with van der Waals surface area (Å²) in [5.74, 6) is -0.0943. The minimum Gasteiger partial charge on any atom is -0.325 e. The third-order valence-corrected chi connectivity index (χ3v) is 6.95. The van der Waals surface area contributed by atoms with Crippen LogP contribution >= 0.6 is 0 Å². The molecule has 0 saturated heterocycles. The lowest BCUT2D eigenvalue weighted by molar-refractivity contribution is -0.124. The van der Waals surface area contributed by atoms with Crippen molar-refractivity contribution in [2.75, 3.05) is 11.9 Å². The van der Waals surface area contributed by atoms with Crippen molar-refractivity contribution in [1.29, 1.82) is 0 Å². The summed E-state index contributed by atoms with van der Waals surface area (Å²) >= 11 is 0. The van der Waals surface area contributed by atoms with E-state index in [1.54, 1.807) is 24.3 Å². The van der Waals surface area contributed by atoms with E-state index in [2.05, 4.69) is 15.0 Å². The number of carbonyl (C=O) groups excluding carboxylic acids is 1. The van der Waals surface area contributed by atoms with Gasteiger partial charge in [0, 0.05) is 18.7 Å². The van der Waals surface area contributed by atoms with Crippen LogP contribution in [0, 0.1) is 5.82 Å². The van der Waals surface area contributed by atoms with Gasteiger partial charge in [-0.2, -0.15) is 0 Å². The Morgan fingerprint density at radius 1 is 1.07 bits per heavy atom. The van der Waals surface area contributed by atoms with Gasteiger partial charge in [-0.3, -0.25) is 14.5 Å². The predicted molar refractivity (Wildman–Crippen MR) is 109 cm³/mol. The minimum atomic E-state index is -3.76. The zero-order chi connectivity index (χ0) is 20.5. The Morgan fingerprint density at radius 2 is 1.83 bits per heavy atom. The van der Waals surface area contributed by atoms with Crippen LogP contribution in [0.1, 0.15) is 37.7 Å². The fourth-order valence-electron chi connectivity index (χ4n) is 3.77. The van der Waals surface area contributed by atoms with E-state index < -0.39 is 15.4 Å². The van der Waals surface area contributed by atoms with Crippen molar-refractivity contribution >= 4 is 27.5 Å². The van der Waals surface area contributed by atoms with E-state index in [0.717, 1.165) is 18.4 Å². The SMILES string of the molecule is O=C(Nc1cccc(S(=O)(=O)NC2=NCCC2)c1)C1(c2ccc(F)cc2)CCC1. The first-order valence-corrected chi connectivity index (χ1v) is 11.1. The van der Waals surface area contributed by atoms with E-state index in [1.807, 2.05) is 0 Å². The molecule has 6 nitrogen and oxygen atoms in total. The second-order valence-corrected chi connectivity index (χ2v) is 9.14. The van der Waals surface area contributed by atoms with Crippen molar-refractivity contribution in [1.82, 2.24) is 4.72 Å². The van der Waals surface area contributed by atoms with Gasteiger partial charge in [0.15, 0.2) is 0 Å². The highest BCUT2D eigenvalue weighted by Gasteiger charge is 2.45. The van der Waals surface area contributed by atoms with E-state index in [-0.39, 0.29) is 16.6 Å². The summed E-state index contributed by atoms with van der Waals surface area (Å²) < 4.78 is 41.0. The Balaban J connectivity index is 1.54. The minimum absolute atomic E-state index is 0.0642. The van der Waals surface area contributed by atoms with Crippen LogP contribution in [0.15, 0.2) is 58.4 Å². The first-order chi connectivity index (χ1) is 13.9. The number of hydrogen-bond acceptors (Lipinski definition) is 4. The third kappa shape index (κ3) is 3.89. The molecule has 0 spiro atoms. The number of hydrogen-bond donors (Lipinski definition) is 2. The zero-order valence-corrected chi connectivity index (χ0v) is 16.6. The van der Waals surface area contributed by atoms with Gasteiger partial charge in [0.25, 0.3) is 10.0 Å². The Labute approximate surface area is 169 Å². The first-order valence-electron chi connectivity index (χ1n) is 9.63. The fourth-order valence-corrected chi connectivity index (χ4v) is 4.91. The molecular weight excluding hydrogens is 393 g/mol. The van der Waals surface area contributed by atoms with Crippen molar-refractivity contribution in [2.45, 2.75) is 42.4 Å². The maximum absolute atomic E-state index is 13.3. The number of sulfonamides is 1. The van der Waals surface area contributed by atoms with Crippen LogP contribution in [-0.4, -0.2) is 26.7 Å². The molecule has 4 rings (SSSR count). The molecule has 2 aromatic carbocycles. The molecule has 8 heteroatoms. The van der Waals surface area contributed by atoms with Gasteiger partial charge in [0.2, 0.25) is 5.91 Å². The lowest BCUT2D eigenvalue weighted by Gasteiger charge is -2.40. The van der Waals surface area contributed by atoms with Gasteiger partial charge in [-0.1, -0.05) is 24.6 Å². The second kappa shape index (κ2) is 7.59. The highest BCUT2D eigenvalue weighted by atomic mass is 32.2. The largest absolute Gasteiger partial charge is 0.325 e. The van der Waals surface area contributed by atoms with Gasteiger partial charge in [-0.05, 0) is 55.2 Å². The van der Waals surface area contributed by atoms with E-state index >= 15 is 0 Å². The topological polar surface area (TPSA) is 87.6 Å². The molecule has 1 fully saturated rings. The molecule has 152 valence electrons. The van der Waals surface area contributed by atoms with Gasteiger partial charge in [0.05, 0.1) is 10.3 Å². The molecule has 0 atom stereocenters. The fraction of sp³-hybridized carbons (Fsp3) is 0.333. The molecule has 1 aliphatic heterocycles. The molecule has 0 bridgehead atoms. The van der Waals surface area contributed by atoms with Gasteiger partial charge >= 0.3 is 0 Å². The van der Waals surface area contributed by atoms with Crippen molar-refractivity contribution < 1.29 is 17.6 Å². The number of rotatable bonds is 5. The monoisotopic (exact) mass is 415 g/mol. The van der Waals surface area contributed by atoms with Crippen molar-refractivity contribution in [3.63, 3.8) is 0 Å². The smallest absolute Gasteiger partial charge is 0.262 e. The number of amidine groups is 1. The summed E-state index contributed by atoms with van der Waals surface area (Å²) in [6, 6.07) is 12.1. The Bertz CT molecular complexity index is 1060. The molecule has 1 aliphatic carbocycles. The quantitative estimate of drug-likeness (QED) is 0.785. The third-order valence-electron chi connectivity index (χ3n) is 5.57. The number of aliphatic imine (C=N–C) groups is 1. The average molecular weight is 415 g/mol. The second-order valence-electron chi connectivity index (χ2n) is 7.46. The van der Waals surface area contributed by atoms with Gasteiger partial charge in [-0.25, -0.2) is 12.8 Å². The summed E-state index contributed by atoms with van der Waals surface area (Å²) in [6.07, 6.45) is 3.69. The number of anilines is 1. The number of amides is 1. The lowest BCUT2D eigenvalue weighted by atomic mass is 9.64. The maximum Gasteiger partial charge on any atom is 0.262 e. The normalized spacial score (nSPS) is 17.9. The van der Waals surface area contributed by atoms with Crippen molar-refractivity contribution in [3.8, 4) is 0 Å². The van der Waals surface area contributed by atoms with Gasteiger partial charge < -0.3 is 5.32 Å². The summed E-state index contributed by atoms with van der Waals surface area (Å²) in [4.78, 5) is 17.3. The van der Waals surface area contributed by atoms with Gasteiger partial charge in [-0.15, -0.1) is 0 Å². The first kappa shape index (κ1) is 19.6. The maximum atomic E-state index is 13.3. The Hall–Kier alpha value is -2.74. The lowest BCUT2D eigenvalue weighted by Crippen LogP contribution is -2.46. The standard InChI is InChI=1S/C21H22FN3O3S/c22-16-9-7-15(8-10-16)21(11-3-12-21)20(26)24-17-4-1-5-18(14-17)29(27,28)25-19-6-2-13-23-19/h1,4-5,7-10,14H,2-3,6,11-13H2,(H,23,25)(H,24,26). The highest BCUT2D eigenvalue weighted by molar-refractivity contribution is 7.90. The van der Waals surface area contributed by atoms with Crippen LogP contribution in [-0.2, 0) is 20.2 Å². The number of nitrogens with zero attached hydrogens (tertiary/aromatic N) is 1. The van der Waals surface area contributed by atoms with Crippen LogP contribution in [0.2, 0.25) is 0 Å². The summed E-state index contributed by atoms with van der Waals surface area (Å²) in [5.41, 5.74) is 0.464. The number of nitrogens with one attached hydrogen (secondary N) is 2. The molecule has 2 aromatic rings. The molecule has 0 aromatic heterocycles. The zero-order valence-electron chi connectivity index (χ0n) is 15.8. The highest BCUT2D eigenvalue weighted by Crippen LogP contribution is 2.44. The van der Waals surface area contributed by atoms with Crippen LogP contribution in [0.4, 0.5) is 10.1 Å². The van der Waals surface area contributed by atoms with Crippen LogP contribution in [0.25, 0.3) is 0 Å². The van der Waals surface area contributed by atoms with Crippen LogP contribution in [0.5, 0.6) is 0 Å². The van der Waals surface area contributed by atoms with E-state index in [9.17, 15) is 17.6 Å². The Kier molecular flexibility index (Phi) is 5.12. The molecule has 29 heavy (non-hydrogen) atoms. The molecule has 0 radical (unpaired) electrons. The predicted octanol–water partition coefficient (Wildman–Crippen LogP) is 3.36. The molecular formula is C21H22FN3O3S. The van der Waals surface area contributed by atoms with Crippen LogP contribution < -0.4 is 10.0 Å². The van der Waals surface area contributed by atoms with E-state index in [0.29, 0.717) is 37.3 Å². The average Bonchev–Trinajstić information content (AvgIpc) is 3.15. The van der Waals surface area contributed by atoms with E-state index in [1.165, 1.54) is 24.3 Å². The molecule has 0 unspecified atom stereocenters. The van der Waals surface area contributed by atoms with Gasteiger partial charge in [0.1, 0.15) is 11.7 Å². The molecule has 1 amide bonds. The van der Waals surface area contributed by atoms with Crippen molar-refractivity contribution in [2.24, 2.45) is 4.99 Å². The van der Waals surface area contributed by atoms with Crippen LogP contribution in [0.3, 0.4) is 0 Å². The van der Waals surface area contributed by atoms with E-state index in [4.69, 9.17) is 0 Å².